The van der Waals surface area contributed by atoms with Crippen molar-refractivity contribution in [2.75, 3.05) is 19.3 Å². The fourth-order valence-electron chi connectivity index (χ4n) is 2.90. The van der Waals surface area contributed by atoms with Gasteiger partial charge in [0, 0.05) is 36.2 Å². The van der Waals surface area contributed by atoms with Crippen molar-refractivity contribution in [1.82, 2.24) is 20.1 Å². The van der Waals surface area contributed by atoms with Gasteiger partial charge in [-0.05, 0) is 18.7 Å². The molecule has 2 aromatic heterocycles. The highest BCUT2D eigenvalue weighted by atomic mass is 32.1. The largest absolute Gasteiger partial charge is 0.374 e. The molecule has 3 aromatic rings. The number of anilines is 1. The number of hydrogen-bond donors (Lipinski definition) is 1. The zero-order chi connectivity index (χ0) is 14.4. The first-order valence-corrected chi connectivity index (χ1v) is 7.72. The van der Waals surface area contributed by atoms with Gasteiger partial charge in [0.1, 0.15) is 0 Å². The Hall–Kier alpha value is -2.05. The van der Waals surface area contributed by atoms with Crippen molar-refractivity contribution < 1.29 is 0 Å². The van der Waals surface area contributed by atoms with E-state index in [9.17, 15) is 0 Å². The van der Waals surface area contributed by atoms with Gasteiger partial charge in [-0.25, -0.2) is 0 Å². The molecular formula is C15H15N5S. The Morgan fingerprint density at radius 1 is 1.24 bits per heavy atom. The van der Waals surface area contributed by atoms with Crippen molar-refractivity contribution in [3.8, 4) is 10.6 Å². The number of rotatable bonds is 1. The maximum Gasteiger partial charge on any atom is 0.203 e. The summed E-state index contributed by atoms with van der Waals surface area (Å²) in [5, 5.41) is 10.8. The normalized spacial score (nSPS) is 15.3. The summed E-state index contributed by atoms with van der Waals surface area (Å²) in [6.07, 6.45) is 0.970. The Labute approximate surface area is 126 Å². The average molecular weight is 297 g/mol. The third-order valence-corrected chi connectivity index (χ3v) is 4.66. The minimum atomic E-state index is 0.504. The predicted molar refractivity (Wildman–Crippen MR) is 85.1 cm³/mol. The monoisotopic (exact) mass is 297 g/mol. The first-order chi connectivity index (χ1) is 10.2. The van der Waals surface area contributed by atoms with Gasteiger partial charge >= 0.3 is 0 Å². The van der Waals surface area contributed by atoms with Crippen LogP contribution in [0, 0.1) is 0 Å². The van der Waals surface area contributed by atoms with Gasteiger partial charge in [0.2, 0.25) is 5.13 Å². The lowest BCUT2D eigenvalue weighted by Gasteiger charge is -2.26. The summed E-state index contributed by atoms with van der Waals surface area (Å²) in [6.45, 7) is 1.93. The summed E-state index contributed by atoms with van der Waals surface area (Å²) in [4.78, 5) is 7.15. The summed E-state index contributed by atoms with van der Waals surface area (Å²) in [5.41, 5.74) is 10.4. The Kier molecular flexibility index (Phi) is 2.87. The van der Waals surface area contributed by atoms with E-state index in [0.717, 1.165) is 41.0 Å². The Bertz CT molecular complexity index is 826. The molecule has 0 saturated carbocycles. The number of nitrogens with two attached hydrogens (primary N) is 1. The van der Waals surface area contributed by atoms with E-state index < -0.39 is 0 Å². The van der Waals surface area contributed by atoms with Crippen LogP contribution < -0.4 is 5.73 Å². The standard InChI is InChI=1S/C15H15N5S/c1-20-7-6-12-10(8-20)13(14-18-19-15(16)21-14)9-4-2-3-5-11(9)17-12/h2-5H,6-8H2,1H3,(H2,16,19). The van der Waals surface area contributed by atoms with E-state index >= 15 is 0 Å². The minimum Gasteiger partial charge on any atom is -0.374 e. The molecule has 0 atom stereocenters. The highest BCUT2D eigenvalue weighted by Crippen LogP contribution is 2.37. The molecule has 1 aromatic carbocycles. The van der Waals surface area contributed by atoms with Crippen LogP contribution in [0.15, 0.2) is 24.3 Å². The van der Waals surface area contributed by atoms with E-state index in [-0.39, 0.29) is 0 Å². The van der Waals surface area contributed by atoms with Crippen LogP contribution in [-0.2, 0) is 13.0 Å². The van der Waals surface area contributed by atoms with Crippen molar-refractivity contribution in [1.29, 1.82) is 0 Å². The van der Waals surface area contributed by atoms with E-state index in [1.165, 1.54) is 22.6 Å². The molecule has 0 saturated heterocycles. The van der Waals surface area contributed by atoms with Crippen molar-refractivity contribution in [2.45, 2.75) is 13.0 Å². The second-order valence-electron chi connectivity index (χ2n) is 5.36. The summed E-state index contributed by atoms with van der Waals surface area (Å²) in [5.74, 6) is 0. The van der Waals surface area contributed by atoms with Crippen LogP contribution in [0.25, 0.3) is 21.5 Å². The van der Waals surface area contributed by atoms with E-state index in [2.05, 4.69) is 34.3 Å². The number of pyridine rings is 1. The molecule has 21 heavy (non-hydrogen) atoms. The van der Waals surface area contributed by atoms with Crippen LogP contribution >= 0.6 is 11.3 Å². The number of para-hydroxylation sites is 1. The highest BCUT2D eigenvalue weighted by Gasteiger charge is 2.23. The average Bonchev–Trinajstić information content (AvgIpc) is 2.91. The minimum absolute atomic E-state index is 0.504. The molecule has 0 aliphatic carbocycles. The number of nitrogen functional groups attached to an aromatic ring is 1. The molecule has 0 spiro atoms. The van der Waals surface area contributed by atoms with Gasteiger partial charge in [0.25, 0.3) is 0 Å². The van der Waals surface area contributed by atoms with Crippen molar-refractivity contribution in [2.24, 2.45) is 0 Å². The van der Waals surface area contributed by atoms with Crippen LogP contribution in [0.3, 0.4) is 0 Å². The fraction of sp³-hybridized carbons (Fsp3) is 0.267. The number of nitrogens with zero attached hydrogens (tertiary/aromatic N) is 4. The van der Waals surface area contributed by atoms with Gasteiger partial charge in [-0.2, -0.15) is 0 Å². The predicted octanol–water partition coefficient (Wildman–Crippen LogP) is 2.32. The van der Waals surface area contributed by atoms with Gasteiger partial charge in [0.15, 0.2) is 5.01 Å². The van der Waals surface area contributed by atoms with Gasteiger partial charge < -0.3 is 10.6 Å². The van der Waals surface area contributed by atoms with Gasteiger partial charge in [-0.3, -0.25) is 4.98 Å². The lowest BCUT2D eigenvalue weighted by atomic mass is 9.96. The molecule has 0 radical (unpaired) electrons. The quantitative estimate of drug-likeness (QED) is 0.746. The molecule has 5 nitrogen and oxygen atoms in total. The molecule has 1 aliphatic rings. The fourth-order valence-corrected chi connectivity index (χ4v) is 3.60. The second-order valence-corrected chi connectivity index (χ2v) is 6.37. The van der Waals surface area contributed by atoms with Gasteiger partial charge in [-0.1, -0.05) is 29.5 Å². The van der Waals surface area contributed by atoms with E-state index in [4.69, 9.17) is 10.7 Å². The molecule has 0 unspecified atom stereocenters. The van der Waals surface area contributed by atoms with Crippen LogP contribution in [0.4, 0.5) is 5.13 Å². The zero-order valence-electron chi connectivity index (χ0n) is 11.7. The number of fused-ring (bicyclic) bond motifs is 2. The molecule has 2 N–H and O–H groups in total. The van der Waals surface area contributed by atoms with E-state index in [1.54, 1.807) is 0 Å². The smallest absolute Gasteiger partial charge is 0.203 e. The number of hydrogen-bond acceptors (Lipinski definition) is 6. The highest BCUT2D eigenvalue weighted by molar-refractivity contribution is 7.18. The van der Waals surface area contributed by atoms with Crippen LogP contribution in [0.1, 0.15) is 11.3 Å². The summed E-state index contributed by atoms with van der Waals surface area (Å²) in [7, 11) is 2.14. The van der Waals surface area contributed by atoms with E-state index in [1.807, 2.05) is 12.1 Å². The van der Waals surface area contributed by atoms with Crippen molar-refractivity contribution in [3.63, 3.8) is 0 Å². The number of benzene rings is 1. The molecule has 4 rings (SSSR count). The molecule has 106 valence electrons. The molecule has 0 amide bonds. The first-order valence-electron chi connectivity index (χ1n) is 6.91. The van der Waals surface area contributed by atoms with Crippen molar-refractivity contribution >= 4 is 27.4 Å². The lowest BCUT2D eigenvalue weighted by molar-refractivity contribution is 0.311. The number of aromatic nitrogens is 3. The zero-order valence-corrected chi connectivity index (χ0v) is 12.5. The second kappa shape index (κ2) is 4.75. The third kappa shape index (κ3) is 2.07. The van der Waals surface area contributed by atoms with E-state index in [0.29, 0.717) is 5.13 Å². The molecule has 0 bridgehead atoms. The molecule has 0 fully saturated rings. The SMILES string of the molecule is CN1CCc2nc3ccccc3c(-c3nnc(N)s3)c2C1. The first kappa shape index (κ1) is 12.7. The lowest BCUT2D eigenvalue weighted by Crippen LogP contribution is -2.28. The molecule has 3 heterocycles. The Morgan fingerprint density at radius 3 is 2.90 bits per heavy atom. The summed E-state index contributed by atoms with van der Waals surface area (Å²) < 4.78 is 0. The summed E-state index contributed by atoms with van der Waals surface area (Å²) in [6, 6.07) is 8.22. The maximum absolute atomic E-state index is 5.78. The maximum atomic E-state index is 5.78. The topological polar surface area (TPSA) is 67.9 Å². The van der Waals surface area contributed by atoms with Crippen LogP contribution in [0.5, 0.6) is 0 Å². The van der Waals surface area contributed by atoms with Crippen LogP contribution in [-0.4, -0.2) is 33.7 Å². The van der Waals surface area contributed by atoms with Crippen molar-refractivity contribution in [3.05, 3.63) is 35.5 Å². The Balaban J connectivity index is 2.07. The molecule has 1 aliphatic heterocycles. The number of likely N-dealkylation sites (N-methyl/N-ethyl adjacent to an activating group) is 1. The molecule has 6 heteroatoms. The third-order valence-electron chi connectivity index (χ3n) is 3.89. The van der Waals surface area contributed by atoms with Gasteiger partial charge in [-0.15, -0.1) is 10.2 Å². The Morgan fingerprint density at radius 2 is 2.10 bits per heavy atom. The van der Waals surface area contributed by atoms with Gasteiger partial charge in [0.05, 0.1) is 5.52 Å². The molecular weight excluding hydrogens is 282 g/mol. The van der Waals surface area contributed by atoms with Crippen LogP contribution in [0.2, 0.25) is 0 Å². The summed E-state index contributed by atoms with van der Waals surface area (Å²) >= 11 is 1.44.